The Kier molecular flexibility index (Phi) is 3.35. The quantitative estimate of drug-likeness (QED) is 0.280. The molecule has 4 nitrogen and oxygen atoms in total. The predicted octanol–water partition coefficient (Wildman–Crippen LogP) is 5.18. The Balaban J connectivity index is 1.88. The van der Waals surface area contributed by atoms with Gasteiger partial charge >= 0.3 is 5.54 Å². The Labute approximate surface area is 188 Å². The molecule has 0 unspecified atom stereocenters. The van der Waals surface area contributed by atoms with E-state index in [1.165, 1.54) is 5.56 Å². The van der Waals surface area contributed by atoms with Crippen molar-refractivity contribution in [2.24, 2.45) is 11.3 Å². The molecule has 1 aromatic carbocycles. The molecule has 4 aliphatic rings. The van der Waals surface area contributed by atoms with Crippen molar-refractivity contribution >= 4 is 22.5 Å². The molecular formula is C26H29ClN2O2. The third-order valence-electron chi connectivity index (χ3n) is 9.63. The van der Waals surface area contributed by atoms with Crippen molar-refractivity contribution in [2.45, 2.75) is 80.6 Å². The van der Waals surface area contributed by atoms with Gasteiger partial charge in [-0.25, -0.2) is 6.57 Å². The molecule has 0 spiro atoms. The average Bonchev–Trinajstić information content (AvgIpc) is 3.43. The van der Waals surface area contributed by atoms with E-state index in [9.17, 15) is 5.11 Å². The van der Waals surface area contributed by atoms with Gasteiger partial charge in [-0.2, -0.15) is 0 Å². The van der Waals surface area contributed by atoms with Gasteiger partial charge in [0.15, 0.2) is 11.7 Å². The van der Waals surface area contributed by atoms with Crippen LogP contribution in [0.3, 0.4) is 0 Å². The first-order valence-electron chi connectivity index (χ1n) is 11.1. The number of fused-ring (bicyclic) bond motifs is 2. The molecule has 31 heavy (non-hydrogen) atoms. The number of aliphatic hydroxyl groups is 1. The Morgan fingerprint density at radius 3 is 2.58 bits per heavy atom. The smallest absolute Gasteiger partial charge is 0.303 e. The highest BCUT2D eigenvalue weighted by molar-refractivity contribution is 6.21. The standard InChI is InChI=1S/C26H29ClN2O2/c1-8-24(6)16(27)12-15-22(2,3)13-10-9-11-14-17(13)18-19(29-14)23(4,5)20-21(31-20)26(24,28-7)25(15,18)30/h8-11,15-16,20-21,29-30H,1,12H2,2-6H3/t15-,16-,20-,21+,24+,25-,26+/m1/s1. The summed E-state index contributed by atoms with van der Waals surface area (Å²) in [6.07, 6.45) is 1.83. The Hall–Kier alpha value is -1.80. The first kappa shape index (κ1) is 19.9. The highest BCUT2D eigenvalue weighted by Gasteiger charge is 2.87. The minimum atomic E-state index is -1.41. The first-order chi connectivity index (χ1) is 14.4. The number of benzene rings is 1. The van der Waals surface area contributed by atoms with E-state index < -0.39 is 22.7 Å². The number of epoxide rings is 1. The molecule has 0 bridgehead atoms. The summed E-state index contributed by atoms with van der Waals surface area (Å²) >= 11 is 7.12. The molecular weight excluding hydrogens is 408 g/mol. The number of ether oxygens (including phenoxy) is 1. The first-order valence-corrected chi connectivity index (χ1v) is 11.6. The summed E-state index contributed by atoms with van der Waals surface area (Å²) in [4.78, 5) is 7.99. The maximum Gasteiger partial charge on any atom is 0.303 e. The van der Waals surface area contributed by atoms with Crippen molar-refractivity contribution in [1.29, 1.82) is 0 Å². The zero-order valence-electron chi connectivity index (χ0n) is 18.7. The zero-order chi connectivity index (χ0) is 22.4. The van der Waals surface area contributed by atoms with E-state index >= 15 is 0 Å². The zero-order valence-corrected chi connectivity index (χ0v) is 19.5. The maximum atomic E-state index is 13.1. The second-order valence-corrected chi connectivity index (χ2v) is 11.9. The fourth-order valence-electron chi connectivity index (χ4n) is 7.75. The number of H-pyrrole nitrogens is 1. The molecule has 1 aliphatic heterocycles. The molecule has 3 aliphatic carbocycles. The van der Waals surface area contributed by atoms with Crippen molar-refractivity contribution in [3.63, 3.8) is 0 Å². The van der Waals surface area contributed by atoms with Crippen molar-refractivity contribution < 1.29 is 9.84 Å². The number of aromatic nitrogens is 1. The predicted molar refractivity (Wildman–Crippen MR) is 122 cm³/mol. The highest BCUT2D eigenvalue weighted by Crippen LogP contribution is 2.73. The molecule has 7 atom stereocenters. The van der Waals surface area contributed by atoms with Crippen LogP contribution in [0, 0.1) is 17.9 Å². The van der Waals surface area contributed by atoms with E-state index in [4.69, 9.17) is 22.9 Å². The Morgan fingerprint density at radius 1 is 1.23 bits per heavy atom. The topological polar surface area (TPSA) is 52.9 Å². The van der Waals surface area contributed by atoms with Crippen molar-refractivity contribution in [2.75, 3.05) is 0 Å². The van der Waals surface area contributed by atoms with Crippen LogP contribution >= 0.6 is 11.6 Å². The maximum absolute atomic E-state index is 13.1. The molecule has 1 saturated heterocycles. The summed E-state index contributed by atoms with van der Waals surface area (Å²) in [5.41, 5.74) is -0.110. The van der Waals surface area contributed by atoms with Crippen molar-refractivity contribution in [3.8, 4) is 0 Å². The summed E-state index contributed by atoms with van der Waals surface area (Å²) in [7, 11) is 0. The van der Waals surface area contributed by atoms with Gasteiger partial charge in [-0.3, -0.25) is 0 Å². The number of hydrogen-bond acceptors (Lipinski definition) is 2. The largest absolute Gasteiger partial charge is 0.377 e. The second-order valence-electron chi connectivity index (χ2n) is 11.4. The van der Waals surface area contributed by atoms with Gasteiger partial charge in [-0.1, -0.05) is 45.9 Å². The van der Waals surface area contributed by atoms with E-state index in [2.05, 4.69) is 62.3 Å². The second kappa shape index (κ2) is 5.22. The number of halogens is 1. The fraction of sp³-hybridized carbons (Fsp3) is 0.577. The van der Waals surface area contributed by atoms with Crippen LogP contribution in [0.4, 0.5) is 0 Å². The van der Waals surface area contributed by atoms with E-state index in [0.717, 1.165) is 22.2 Å². The van der Waals surface area contributed by atoms with Crippen LogP contribution in [0.25, 0.3) is 15.7 Å². The van der Waals surface area contributed by atoms with E-state index in [1.54, 1.807) is 0 Å². The number of rotatable bonds is 1. The van der Waals surface area contributed by atoms with Gasteiger partial charge in [0.25, 0.3) is 0 Å². The molecule has 2 fully saturated rings. The summed E-state index contributed by atoms with van der Waals surface area (Å²) in [5.74, 6) is -0.226. The lowest BCUT2D eigenvalue weighted by atomic mass is 9.43. The number of nitrogens with one attached hydrogen (secondary N) is 1. The summed E-state index contributed by atoms with van der Waals surface area (Å²) in [5, 5.41) is 13.8. The van der Waals surface area contributed by atoms with Crippen LogP contribution < -0.4 is 0 Å². The molecule has 2 N–H and O–H groups in total. The van der Waals surface area contributed by atoms with Gasteiger partial charge in [0, 0.05) is 33.5 Å². The van der Waals surface area contributed by atoms with Crippen LogP contribution in [0.5, 0.6) is 0 Å². The summed E-state index contributed by atoms with van der Waals surface area (Å²) in [6, 6.07) is 6.34. The monoisotopic (exact) mass is 436 g/mol. The van der Waals surface area contributed by atoms with Crippen LogP contribution in [0.2, 0.25) is 0 Å². The molecule has 162 valence electrons. The van der Waals surface area contributed by atoms with Gasteiger partial charge in [0.2, 0.25) is 0 Å². The number of nitrogens with zero attached hydrogens (tertiary/aromatic N) is 1. The SMILES string of the molecule is [C-]#[N+][C@]12[C@H]3O[C@H]3C(C)(C)c3[nH]c4cccc5c4c3[C@]1(O)[C@H](C[C@@H](Cl)[C@]2(C)C=C)C5(C)C. The van der Waals surface area contributed by atoms with Gasteiger partial charge < -0.3 is 19.7 Å². The normalized spacial score (nSPS) is 45.4. The number of alkyl halides is 1. The average molecular weight is 437 g/mol. The Morgan fingerprint density at radius 2 is 1.94 bits per heavy atom. The van der Waals surface area contributed by atoms with Crippen LogP contribution in [0.15, 0.2) is 30.9 Å². The fourth-order valence-corrected chi connectivity index (χ4v) is 8.19. The molecule has 0 amide bonds. The van der Waals surface area contributed by atoms with Crippen molar-refractivity contribution in [3.05, 3.63) is 59.1 Å². The highest BCUT2D eigenvalue weighted by atomic mass is 35.5. The number of hydrogen-bond donors (Lipinski definition) is 2. The van der Waals surface area contributed by atoms with Crippen LogP contribution in [-0.4, -0.2) is 33.2 Å². The number of aromatic amines is 1. The molecule has 1 saturated carbocycles. The van der Waals surface area contributed by atoms with Crippen molar-refractivity contribution in [1.82, 2.24) is 4.98 Å². The van der Waals surface area contributed by atoms with Crippen LogP contribution in [0.1, 0.15) is 57.9 Å². The third-order valence-corrected chi connectivity index (χ3v) is 10.3. The lowest BCUT2D eigenvalue weighted by Gasteiger charge is -2.61. The molecule has 2 aromatic rings. The van der Waals surface area contributed by atoms with Gasteiger partial charge in [0.1, 0.15) is 6.10 Å². The summed E-state index contributed by atoms with van der Waals surface area (Å²) in [6.45, 7) is 23.4. The van der Waals surface area contributed by atoms with E-state index in [-0.39, 0.29) is 28.2 Å². The lowest BCUT2D eigenvalue weighted by molar-refractivity contribution is -0.166. The van der Waals surface area contributed by atoms with Gasteiger partial charge in [0.05, 0.1) is 10.8 Å². The minimum absolute atomic E-state index is 0.172. The van der Waals surface area contributed by atoms with Crippen LogP contribution in [-0.2, 0) is 21.2 Å². The third kappa shape index (κ3) is 1.72. The lowest BCUT2D eigenvalue weighted by Crippen LogP contribution is -2.73. The summed E-state index contributed by atoms with van der Waals surface area (Å²) < 4.78 is 6.34. The molecule has 0 radical (unpaired) electrons. The molecule has 2 heterocycles. The van der Waals surface area contributed by atoms with E-state index in [1.807, 2.05) is 13.0 Å². The van der Waals surface area contributed by atoms with Gasteiger partial charge in [-0.15, -0.1) is 18.2 Å². The minimum Gasteiger partial charge on any atom is -0.377 e. The van der Waals surface area contributed by atoms with Gasteiger partial charge in [-0.05, 0) is 30.4 Å². The Bertz CT molecular complexity index is 1220. The van der Waals surface area contributed by atoms with E-state index in [0.29, 0.717) is 6.42 Å². The molecule has 5 heteroatoms. The molecule has 1 aromatic heterocycles. The molecule has 6 rings (SSSR count).